The van der Waals surface area contributed by atoms with Crippen LogP contribution < -0.4 is 16.9 Å². The Morgan fingerprint density at radius 1 is 0.875 bits per heavy atom. The van der Waals surface area contributed by atoms with Gasteiger partial charge in [-0.3, -0.25) is 18.5 Å². The van der Waals surface area contributed by atoms with Crippen molar-refractivity contribution in [3.05, 3.63) is 31.3 Å². The number of nitrogens with zero attached hydrogens (tertiary/aromatic N) is 5. The molecule has 0 radical (unpaired) electrons. The zero-order valence-electron chi connectivity index (χ0n) is 8.96. The van der Waals surface area contributed by atoms with E-state index in [9.17, 15) is 14.4 Å². The monoisotopic (exact) mass is 223 g/mol. The molecule has 2 aromatic heterocycles. The maximum Gasteiger partial charge on any atom is 0.366 e. The number of fused-ring (bicyclic) bond motifs is 1. The van der Waals surface area contributed by atoms with Gasteiger partial charge in [0.05, 0.1) is 0 Å². The van der Waals surface area contributed by atoms with E-state index in [4.69, 9.17) is 0 Å². The van der Waals surface area contributed by atoms with Crippen LogP contribution >= 0.6 is 0 Å². The maximum atomic E-state index is 11.8. The van der Waals surface area contributed by atoms with Crippen LogP contribution in [0.4, 0.5) is 0 Å². The predicted molar refractivity (Wildman–Crippen MR) is 55.3 cm³/mol. The molecule has 0 saturated carbocycles. The van der Waals surface area contributed by atoms with Crippen LogP contribution in [0.5, 0.6) is 0 Å². The third kappa shape index (κ3) is 1.12. The van der Waals surface area contributed by atoms with Crippen molar-refractivity contribution in [1.82, 2.24) is 23.9 Å². The highest BCUT2D eigenvalue weighted by Crippen LogP contribution is 1.96. The van der Waals surface area contributed by atoms with Gasteiger partial charge in [-0.15, -0.1) is 5.10 Å². The minimum atomic E-state index is -0.636. The summed E-state index contributed by atoms with van der Waals surface area (Å²) in [4.78, 5) is 34.6. The highest BCUT2D eigenvalue weighted by molar-refractivity contribution is 5.68. The smallest absolute Gasteiger partial charge is 0.286 e. The summed E-state index contributed by atoms with van der Waals surface area (Å²) in [5.41, 5.74) is -1.55. The maximum absolute atomic E-state index is 11.8. The summed E-state index contributed by atoms with van der Waals surface area (Å²) in [6.07, 6.45) is 0. The van der Waals surface area contributed by atoms with Gasteiger partial charge in [0.1, 0.15) is 0 Å². The van der Waals surface area contributed by atoms with E-state index in [1.165, 1.54) is 25.7 Å². The molecule has 0 bridgehead atoms. The number of hydrogen-bond acceptors (Lipinski definition) is 5. The lowest BCUT2D eigenvalue weighted by Gasteiger charge is -2.07. The lowest BCUT2D eigenvalue weighted by Crippen LogP contribution is -2.40. The van der Waals surface area contributed by atoms with Gasteiger partial charge in [-0.2, -0.15) is 0 Å². The molecule has 0 amide bonds. The molecule has 2 aromatic rings. The van der Waals surface area contributed by atoms with Gasteiger partial charge < -0.3 is 0 Å². The summed E-state index contributed by atoms with van der Waals surface area (Å²) < 4.78 is 3.16. The van der Waals surface area contributed by atoms with Crippen molar-refractivity contribution >= 4 is 11.2 Å². The molecule has 0 spiro atoms. The average Bonchev–Trinajstić information content (AvgIpc) is 2.27. The molecule has 0 unspecified atom stereocenters. The van der Waals surface area contributed by atoms with E-state index in [2.05, 4.69) is 10.2 Å². The Balaban J connectivity index is 3.29. The average molecular weight is 223 g/mol. The van der Waals surface area contributed by atoms with Crippen LogP contribution in [0.3, 0.4) is 0 Å². The van der Waals surface area contributed by atoms with Crippen molar-refractivity contribution < 1.29 is 0 Å². The van der Waals surface area contributed by atoms with Crippen molar-refractivity contribution in [2.45, 2.75) is 0 Å². The van der Waals surface area contributed by atoms with Crippen molar-refractivity contribution in [2.24, 2.45) is 21.1 Å². The van der Waals surface area contributed by atoms with Crippen LogP contribution in [-0.2, 0) is 21.1 Å². The molecule has 16 heavy (non-hydrogen) atoms. The van der Waals surface area contributed by atoms with Gasteiger partial charge in [-0.05, 0) is 0 Å². The molecule has 0 aliphatic carbocycles. The lowest BCUT2D eigenvalue weighted by molar-refractivity contribution is 0.676. The predicted octanol–water partition coefficient (Wildman–Crippen LogP) is -2.27. The van der Waals surface area contributed by atoms with Crippen LogP contribution in [0.25, 0.3) is 11.2 Å². The molecule has 0 N–H and O–H groups in total. The van der Waals surface area contributed by atoms with Gasteiger partial charge in [0, 0.05) is 21.1 Å². The van der Waals surface area contributed by atoms with Crippen LogP contribution in [0.15, 0.2) is 14.4 Å². The van der Waals surface area contributed by atoms with Gasteiger partial charge >= 0.3 is 11.4 Å². The summed E-state index contributed by atoms with van der Waals surface area (Å²) in [6, 6.07) is 0. The topological polar surface area (TPSA) is 91.8 Å². The number of aromatic nitrogens is 5. The molecule has 2 rings (SSSR count). The van der Waals surface area contributed by atoms with E-state index in [1.807, 2.05) is 0 Å². The van der Waals surface area contributed by atoms with Gasteiger partial charge in [0.2, 0.25) is 0 Å². The second-order valence-corrected chi connectivity index (χ2v) is 3.42. The second kappa shape index (κ2) is 3.12. The molecule has 2 heterocycles. The Bertz CT molecular complexity index is 751. The molecule has 0 aromatic carbocycles. The second-order valence-electron chi connectivity index (χ2n) is 3.42. The highest BCUT2D eigenvalue weighted by Gasteiger charge is 2.13. The molecule has 0 atom stereocenters. The van der Waals surface area contributed by atoms with E-state index >= 15 is 0 Å². The molecule has 0 aliphatic rings. The molecular weight excluding hydrogens is 214 g/mol. The van der Waals surface area contributed by atoms with E-state index < -0.39 is 16.9 Å². The Morgan fingerprint density at radius 3 is 2.12 bits per heavy atom. The third-order valence-corrected chi connectivity index (χ3v) is 2.46. The van der Waals surface area contributed by atoms with Crippen LogP contribution in [-0.4, -0.2) is 23.9 Å². The van der Waals surface area contributed by atoms with E-state index in [-0.39, 0.29) is 11.2 Å². The summed E-state index contributed by atoms with van der Waals surface area (Å²) >= 11 is 0. The molecule has 8 heteroatoms. The fraction of sp³-hybridized carbons (Fsp3) is 0.375. The number of hydrogen-bond donors (Lipinski definition) is 0. The summed E-state index contributed by atoms with van der Waals surface area (Å²) in [5, 5.41) is 6.90. The van der Waals surface area contributed by atoms with Crippen molar-refractivity contribution in [1.29, 1.82) is 0 Å². The third-order valence-electron chi connectivity index (χ3n) is 2.46. The zero-order chi connectivity index (χ0) is 12.0. The largest absolute Gasteiger partial charge is 0.366 e. The number of rotatable bonds is 0. The van der Waals surface area contributed by atoms with Crippen molar-refractivity contribution in [3.8, 4) is 0 Å². The molecule has 84 valence electrons. The first-order valence-electron chi connectivity index (χ1n) is 4.44. The fourth-order valence-electron chi connectivity index (χ4n) is 1.48. The zero-order valence-corrected chi connectivity index (χ0v) is 8.96. The van der Waals surface area contributed by atoms with Gasteiger partial charge in [-0.25, -0.2) is 9.59 Å². The molecule has 0 fully saturated rings. The quantitative estimate of drug-likeness (QED) is 0.502. The summed E-state index contributed by atoms with van der Waals surface area (Å²) in [6.45, 7) is 0. The first-order valence-corrected chi connectivity index (χ1v) is 4.44. The van der Waals surface area contributed by atoms with Crippen molar-refractivity contribution in [2.75, 3.05) is 0 Å². The van der Waals surface area contributed by atoms with Gasteiger partial charge in [0.25, 0.3) is 5.56 Å². The van der Waals surface area contributed by atoms with E-state index in [0.717, 1.165) is 9.13 Å². The first kappa shape index (κ1) is 10.3. The van der Waals surface area contributed by atoms with E-state index in [0.29, 0.717) is 0 Å². The minimum absolute atomic E-state index is 0.0598. The lowest BCUT2D eigenvalue weighted by atomic mass is 10.5. The van der Waals surface area contributed by atoms with E-state index in [1.54, 1.807) is 0 Å². The Morgan fingerprint density at radius 2 is 1.50 bits per heavy atom. The number of aryl methyl sites for hydroxylation is 2. The highest BCUT2D eigenvalue weighted by atomic mass is 16.2. The molecule has 0 aliphatic heterocycles. The normalized spacial score (nSPS) is 10.9. The molecule has 8 nitrogen and oxygen atoms in total. The van der Waals surface area contributed by atoms with Crippen molar-refractivity contribution in [3.63, 3.8) is 0 Å². The Labute approximate surface area is 88.4 Å². The minimum Gasteiger partial charge on any atom is -0.286 e. The van der Waals surface area contributed by atoms with Crippen LogP contribution in [0.1, 0.15) is 0 Å². The van der Waals surface area contributed by atoms with Crippen LogP contribution in [0, 0.1) is 0 Å². The summed E-state index contributed by atoms with van der Waals surface area (Å²) in [7, 11) is 4.21. The molecule has 0 saturated heterocycles. The molecular formula is C8H9N5O3. The standard InChI is InChI=1S/C8H9N5O3/c1-11-4-5(9-10-7(11)15)12(2)8(16)13(3)6(4)14/h1-3H3. The SMILES string of the molecule is Cn1c(=O)c2c(nnc(=O)n2C)n(C)c1=O. The van der Waals surface area contributed by atoms with Gasteiger partial charge in [0.15, 0.2) is 11.2 Å². The summed E-state index contributed by atoms with van der Waals surface area (Å²) in [5.74, 6) is 0. The first-order chi connectivity index (χ1) is 7.45. The fourth-order valence-corrected chi connectivity index (χ4v) is 1.48. The Kier molecular flexibility index (Phi) is 2.00. The van der Waals surface area contributed by atoms with Crippen LogP contribution in [0.2, 0.25) is 0 Å². The van der Waals surface area contributed by atoms with Gasteiger partial charge in [-0.1, -0.05) is 5.10 Å². The Hall–Kier alpha value is -2.25.